The van der Waals surface area contributed by atoms with Crippen LogP contribution in [-0.4, -0.2) is 41.3 Å². The van der Waals surface area contributed by atoms with Crippen LogP contribution in [0, 0.1) is 0 Å². The summed E-state index contributed by atoms with van der Waals surface area (Å²) < 4.78 is 11.0. The van der Waals surface area contributed by atoms with E-state index in [2.05, 4.69) is 47.1 Å². The number of fused-ring (bicyclic) bond motifs is 1. The Morgan fingerprint density at radius 1 is 1.32 bits per heavy atom. The molecule has 0 aliphatic carbocycles. The van der Waals surface area contributed by atoms with Crippen LogP contribution in [0.25, 0.3) is 0 Å². The van der Waals surface area contributed by atoms with E-state index in [0.29, 0.717) is 11.8 Å². The van der Waals surface area contributed by atoms with E-state index >= 15 is 0 Å². The predicted octanol–water partition coefficient (Wildman–Crippen LogP) is 3.55. The van der Waals surface area contributed by atoms with Crippen molar-refractivity contribution < 1.29 is 9.26 Å². The molecule has 25 heavy (non-hydrogen) atoms. The summed E-state index contributed by atoms with van der Waals surface area (Å²) in [5.74, 6) is 3.42. The van der Waals surface area contributed by atoms with Gasteiger partial charge in [-0.15, -0.1) is 0 Å². The number of piperidine rings is 1. The van der Waals surface area contributed by atoms with Crippen LogP contribution in [0.5, 0.6) is 5.75 Å². The number of hydrogen-bond donors (Lipinski definition) is 0. The Kier molecular flexibility index (Phi) is 4.75. The topological polar surface area (TPSA) is 51.4 Å². The van der Waals surface area contributed by atoms with Gasteiger partial charge in [0.15, 0.2) is 5.82 Å². The summed E-state index contributed by atoms with van der Waals surface area (Å²) in [6.07, 6.45) is 4.49. The fraction of sp³-hybridized carbons (Fsp3) is 0.600. The summed E-state index contributed by atoms with van der Waals surface area (Å²) in [6, 6.07) is 6.65. The Morgan fingerprint density at radius 3 is 3.08 bits per heavy atom. The number of rotatable bonds is 5. The van der Waals surface area contributed by atoms with Crippen LogP contribution in [-0.2, 0) is 12.8 Å². The maximum atomic E-state index is 5.60. The molecule has 4 rings (SSSR count). The highest BCUT2D eigenvalue weighted by atomic mass is 16.5. The molecule has 0 amide bonds. The van der Waals surface area contributed by atoms with Crippen molar-refractivity contribution in [3.63, 3.8) is 0 Å². The largest absolute Gasteiger partial charge is 0.493 e. The minimum atomic E-state index is 0.296. The van der Waals surface area contributed by atoms with Gasteiger partial charge in [0.25, 0.3) is 0 Å². The molecule has 0 N–H and O–H groups in total. The van der Waals surface area contributed by atoms with Crippen LogP contribution in [0.1, 0.15) is 61.4 Å². The van der Waals surface area contributed by atoms with E-state index in [1.807, 2.05) is 0 Å². The number of ether oxygens (including phenoxy) is 1. The van der Waals surface area contributed by atoms with E-state index in [4.69, 9.17) is 9.26 Å². The van der Waals surface area contributed by atoms with Gasteiger partial charge in [0, 0.05) is 31.3 Å². The van der Waals surface area contributed by atoms with Gasteiger partial charge in [0.2, 0.25) is 5.89 Å². The first-order valence-electron chi connectivity index (χ1n) is 9.49. The summed E-state index contributed by atoms with van der Waals surface area (Å²) in [7, 11) is 0. The minimum absolute atomic E-state index is 0.296. The molecule has 2 aliphatic heterocycles. The summed E-state index contributed by atoms with van der Waals surface area (Å²) in [5.41, 5.74) is 2.77. The summed E-state index contributed by atoms with van der Waals surface area (Å²) in [4.78, 5) is 7.15. The molecule has 2 aliphatic rings. The first-order valence-corrected chi connectivity index (χ1v) is 9.49. The molecular weight excluding hydrogens is 314 g/mol. The van der Waals surface area contributed by atoms with E-state index in [1.165, 1.54) is 24.1 Å². The van der Waals surface area contributed by atoms with Gasteiger partial charge in [0.1, 0.15) is 5.75 Å². The van der Waals surface area contributed by atoms with Gasteiger partial charge in [-0.05, 0) is 43.0 Å². The summed E-state index contributed by atoms with van der Waals surface area (Å²) in [5, 5.41) is 4.23. The van der Waals surface area contributed by atoms with Crippen molar-refractivity contribution >= 4 is 0 Å². The second-order valence-electron chi connectivity index (χ2n) is 7.58. The molecule has 0 spiro atoms. The van der Waals surface area contributed by atoms with Gasteiger partial charge in [-0.1, -0.05) is 31.1 Å². The van der Waals surface area contributed by atoms with Gasteiger partial charge < -0.3 is 14.2 Å². The lowest BCUT2D eigenvalue weighted by molar-refractivity contribution is 0.204. The average molecular weight is 341 g/mol. The molecule has 5 heteroatoms. The molecule has 134 valence electrons. The highest BCUT2D eigenvalue weighted by Crippen LogP contribution is 2.28. The zero-order chi connectivity index (χ0) is 17.2. The van der Waals surface area contributed by atoms with Crippen LogP contribution in [0.2, 0.25) is 0 Å². The molecule has 2 aromatic rings. The lowest BCUT2D eigenvalue weighted by Crippen LogP contribution is -2.36. The number of hydrogen-bond acceptors (Lipinski definition) is 5. The van der Waals surface area contributed by atoms with Crippen LogP contribution >= 0.6 is 0 Å². The van der Waals surface area contributed by atoms with Crippen molar-refractivity contribution in [3.05, 3.63) is 41.0 Å². The average Bonchev–Trinajstić information content (AvgIpc) is 3.29. The van der Waals surface area contributed by atoms with Crippen LogP contribution in [0.3, 0.4) is 0 Å². The number of benzene rings is 1. The minimum Gasteiger partial charge on any atom is -0.493 e. The molecule has 1 unspecified atom stereocenters. The van der Waals surface area contributed by atoms with E-state index in [-0.39, 0.29) is 0 Å². The maximum absolute atomic E-state index is 5.60. The molecule has 1 aromatic heterocycles. The molecule has 3 heterocycles. The van der Waals surface area contributed by atoms with Crippen molar-refractivity contribution in [1.29, 1.82) is 0 Å². The fourth-order valence-electron chi connectivity index (χ4n) is 3.80. The zero-order valence-electron chi connectivity index (χ0n) is 15.2. The Morgan fingerprint density at radius 2 is 2.24 bits per heavy atom. The van der Waals surface area contributed by atoms with Crippen molar-refractivity contribution in [1.82, 2.24) is 15.0 Å². The highest BCUT2D eigenvalue weighted by molar-refractivity contribution is 5.39. The van der Waals surface area contributed by atoms with Gasteiger partial charge in [-0.3, -0.25) is 0 Å². The third kappa shape index (κ3) is 3.71. The Bertz CT molecular complexity index is 725. The fourth-order valence-corrected chi connectivity index (χ4v) is 3.80. The van der Waals surface area contributed by atoms with Gasteiger partial charge in [-0.25, -0.2) is 0 Å². The van der Waals surface area contributed by atoms with Gasteiger partial charge >= 0.3 is 0 Å². The van der Waals surface area contributed by atoms with Crippen molar-refractivity contribution in [2.45, 2.75) is 51.4 Å². The number of aromatic nitrogens is 2. The van der Waals surface area contributed by atoms with Crippen LogP contribution in [0.15, 0.2) is 22.7 Å². The van der Waals surface area contributed by atoms with Gasteiger partial charge in [0.05, 0.1) is 6.61 Å². The molecule has 0 radical (unpaired) electrons. The SMILES string of the molecule is CC(C)c1nc(C2CCCN(CCc3ccc4c(c3)CCO4)C2)no1. The van der Waals surface area contributed by atoms with Crippen molar-refractivity contribution in [2.75, 3.05) is 26.2 Å². The first kappa shape index (κ1) is 16.6. The molecular formula is C20H27N3O2. The standard InChI is InChI=1S/C20H27N3O2/c1-14(2)20-21-19(22-25-20)17-4-3-9-23(13-17)10-7-15-5-6-18-16(12-15)8-11-24-18/h5-6,12,14,17H,3-4,7-11,13H2,1-2H3. The molecule has 1 atom stereocenters. The van der Waals surface area contributed by atoms with Crippen LogP contribution < -0.4 is 4.74 Å². The smallest absolute Gasteiger partial charge is 0.229 e. The van der Waals surface area contributed by atoms with E-state index in [1.54, 1.807) is 0 Å². The molecule has 1 fully saturated rings. The predicted molar refractivity (Wildman–Crippen MR) is 96.1 cm³/mol. The molecule has 1 aromatic carbocycles. The summed E-state index contributed by atoms with van der Waals surface area (Å²) in [6.45, 7) is 8.30. The monoisotopic (exact) mass is 341 g/mol. The normalized spacial score (nSPS) is 20.7. The molecule has 5 nitrogen and oxygen atoms in total. The van der Waals surface area contributed by atoms with Crippen molar-refractivity contribution in [3.8, 4) is 5.75 Å². The lowest BCUT2D eigenvalue weighted by atomic mass is 9.96. The zero-order valence-corrected chi connectivity index (χ0v) is 15.2. The van der Waals surface area contributed by atoms with E-state index < -0.39 is 0 Å². The highest BCUT2D eigenvalue weighted by Gasteiger charge is 2.25. The van der Waals surface area contributed by atoms with E-state index in [0.717, 1.165) is 56.4 Å². The van der Waals surface area contributed by atoms with E-state index in [9.17, 15) is 0 Å². The quantitative estimate of drug-likeness (QED) is 0.832. The Labute approximate surface area is 149 Å². The Hall–Kier alpha value is -1.88. The molecule has 0 bridgehead atoms. The second kappa shape index (κ2) is 7.16. The first-order chi connectivity index (χ1) is 12.2. The second-order valence-corrected chi connectivity index (χ2v) is 7.58. The number of likely N-dealkylation sites (tertiary alicyclic amines) is 1. The maximum Gasteiger partial charge on any atom is 0.229 e. The number of nitrogens with zero attached hydrogens (tertiary/aromatic N) is 3. The van der Waals surface area contributed by atoms with Gasteiger partial charge in [-0.2, -0.15) is 4.98 Å². The Balaban J connectivity index is 1.35. The third-order valence-corrected chi connectivity index (χ3v) is 5.29. The summed E-state index contributed by atoms with van der Waals surface area (Å²) >= 11 is 0. The third-order valence-electron chi connectivity index (χ3n) is 5.29. The lowest BCUT2D eigenvalue weighted by Gasteiger charge is -2.31. The molecule has 0 saturated carbocycles. The van der Waals surface area contributed by atoms with Crippen LogP contribution in [0.4, 0.5) is 0 Å². The molecule has 1 saturated heterocycles. The van der Waals surface area contributed by atoms with Crippen molar-refractivity contribution in [2.24, 2.45) is 0 Å².